The predicted octanol–water partition coefficient (Wildman–Crippen LogP) is 2.37. The van der Waals surface area contributed by atoms with Gasteiger partial charge in [-0.2, -0.15) is 0 Å². The van der Waals surface area contributed by atoms with Gasteiger partial charge in [0.15, 0.2) is 0 Å². The van der Waals surface area contributed by atoms with Gasteiger partial charge in [-0.25, -0.2) is 4.98 Å². The second-order valence-corrected chi connectivity index (χ2v) is 3.90. The molecule has 1 atom stereocenters. The topological polar surface area (TPSA) is 28.2 Å². The highest BCUT2D eigenvalue weighted by atomic mass is 15.2. The van der Waals surface area contributed by atoms with E-state index >= 15 is 0 Å². The lowest BCUT2D eigenvalue weighted by Crippen LogP contribution is -2.20. The monoisotopic (exact) mass is 219 g/mol. The number of pyridine rings is 1. The van der Waals surface area contributed by atoms with Crippen LogP contribution in [0, 0.1) is 0 Å². The summed E-state index contributed by atoms with van der Waals surface area (Å²) in [4.78, 5) is 6.43. The normalized spacial score (nSPS) is 12.2. The molecule has 0 aromatic carbocycles. The Morgan fingerprint density at radius 3 is 3.00 bits per heavy atom. The van der Waals surface area contributed by atoms with Gasteiger partial charge in [0.05, 0.1) is 0 Å². The fraction of sp³-hybridized carbons (Fsp3) is 0.462. The van der Waals surface area contributed by atoms with Crippen LogP contribution >= 0.6 is 0 Å². The molecule has 1 heterocycles. The van der Waals surface area contributed by atoms with Gasteiger partial charge in [0.2, 0.25) is 0 Å². The fourth-order valence-corrected chi connectivity index (χ4v) is 1.62. The number of nitrogens with one attached hydrogen (secondary N) is 1. The molecule has 0 aliphatic heterocycles. The van der Waals surface area contributed by atoms with Crippen LogP contribution < -0.4 is 10.2 Å². The summed E-state index contributed by atoms with van der Waals surface area (Å²) in [6.45, 7) is 9.79. The van der Waals surface area contributed by atoms with Crippen molar-refractivity contribution >= 4 is 5.82 Å². The first-order valence-electron chi connectivity index (χ1n) is 5.70. The van der Waals surface area contributed by atoms with E-state index in [4.69, 9.17) is 0 Å². The molecule has 1 aromatic rings. The number of anilines is 1. The fourth-order valence-electron chi connectivity index (χ4n) is 1.62. The smallest absolute Gasteiger partial charge is 0.128 e. The first-order valence-corrected chi connectivity index (χ1v) is 5.70. The van der Waals surface area contributed by atoms with E-state index in [9.17, 15) is 0 Å². The minimum atomic E-state index is 0.365. The molecule has 0 saturated heterocycles. The van der Waals surface area contributed by atoms with Crippen LogP contribution in [-0.4, -0.2) is 25.1 Å². The van der Waals surface area contributed by atoms with Crippen LogP contribution in [0.25, 0.3) is 0 Å². The third-order valence-electron chi connectivity index (χ3n) is 2.57. The molecule has 0 saturated carbocycles. The van der Waals surface area contributed by atoms with Crippen molar-refractivity contribution in [2.45, 2.75) is 19.9 Å². The summed E-state index contributed by atoms with van der Waals surface area (Å²) >= 11 is 0. The highest BCUT2D eigenvalue weighted by Crippen LogP contribution is 2.17. The van der Waals surface area contributed by atoms with Crippen LogP contribution in [0.4, 0.5) is 5.82 Å². The Labute approximate surface area is 98.2 Å². The summed E-state index contributed by atoms with van der Waals surface area (Å²) < 4.78 is 0. The van der Waals surface area contributed by atoms with E-state index in [1.54, 1.807) is 0 Å². The van der Waals surface area contributed by atoms with Gasteiger partial charge in [0.1, 0.15) is 5.82 Å². The standard InChI is InChI=1S/C13H21N3/c1-5-9-16(4)13-10-12(7-8-15-13)11(3)14-6-2/h5,7-8,10-11,14H,1,6,9H2,2-4H3. The van der Waals surface area contributed by atoms with Crippen molar-refractivity contribution in [3.63, 3.8) is 0 Å². The van der Waals surface area contributed by atoms with Crippen molar-refractivity contribution in [2.75, 3.05) is 25.0 Å². The number of aromatic nitrogens is 1. The van der Waals surface area contributed by atoms with E-state index < -0.39 is 0 Å². The Hall–Kier alpha value is -1.35. The van der Waals surface area contributed by atoms with E-state index in [0.717, 1.165) is 18.9 Å². The number of hydrogen-bond acceptors (Lipinski definition) is 3. The van der Waals surface area contributed by atoms with Crippen LogP contribution in [0.1, 0.15) is 25.5 Å². The molecule has 1 unspecified atom stereocenters. The maximum Gasteiger partial charge on any atom is 0.128 e. The molecule has 0 aliphatic carbocycles. The van der Waals surface area contributed by atoms with Crippen LogP contribution in [0.5, 0.6) is 0 Å². The maximum absolute atomic E-state index is 4.35. The van der Waals surface area contributed by atoms with Crippen molar-refractivity contribution in [2.24, 2.45) is 0 Å². The van der Waals surface area contributed by atoms with Crippen molar-refractivity contribution in [3.8, 4) is 0 Å². The Morgan fingerprint density at radius 2 is 2.38 bits per heavy atom. The Balaban J connectivity index is 2.81. The number of nitrogens with zero attached hydrogens (tertiary/aromatic N) is 2. The zero-order valence-electron chi connectivity index (χ0n) is 10.4. The molecule has 3 heteroatoms. The second kappa shape index (κ2) is 6.28. The largest absolute Gasteiger partial charge is 0.356 e. The summed E-state index contributed by atoms with van der Waals surface area (Å²) in [5, 5.41) is 3.39. The molecule has 0 bridgehead atoms. The molecule has 16 heavy (non-hydrogen) atoms. The first-order chi connectivity index (χ1) is 7.69. The highest BCUT2D eigenvalue weighted by molar-refractivity contribution is 5.41. The van der Waals surface area contributed by atoms with E-state index in [2.05, 4.69) is 47.8 Å². The Morgan fingerprint density at radius 1 is 1.62 bits per heavy atom. The number of rotatable bonds is 6. The summed E-state index contributed by atoms with van der Waals surface area (Å²) in [7, 11) is 2.02. The lowest BCUT2D eigenvalue weighted by molar-refractivity contribution is 0.597. The molecule has 0 radical (unpaired) electrons. The summed E-state index contributed by atoms with van der Waals surface area (Å²) in [6.07, 6.45) is 3.74. The number of hydrogen-bond donors (Lipinski definition) is 1. The third-order valence-corrected chi connectivity index (χ3v) is 2.57. The first kappa shape index (κ1) is 12.7. The average molecular weight is 219 g/mol. The number of likely N-dealkylation sites (N-methyl/N-ethyl adjacent to an activating group) is 1. The molecule has 3 nitrogen and oxygen atoms in total. The van der Waals surface area contributed by atoms with Crippen molar-refractivity contribution in [1.82, 2.24) is 10.3 Å². The molecule has 1 rings (SSSR count). The quantitative estimate of drug-likeness (QED) is 0.745. The van der Waals surface area contributed by atoms with Gasteiger partial charge in [0.25, 0.3) is 0 Å². The zero-order chi connectivity index (χ0) is 12.0. The lowest BCUT2D eigenvalue weighted by Gasteiger charge is -2.18. The van der Waals surface area contributed by atoms with Gasteiger partial charge >= 0.3 is 0 Å². The van der Waals surface area contributed by atoms with Gasteiger partial charge in [0, 0.05) is 25.8 Å². The third kappa shape index (κ3) is 3.35. The van der Waals surface area contributed by atoms with E-state index in [1.807, 2.05) is 19.3 Å². The SMILES string of the molecule is C=CCN(C)c1cc(C(C)NCC)ccn1. The van der Waals surface area contributed by atoms with Crippen LogP contribution in [0.2, 0.25) is 0 Å². The summed E-state index contributed by atoms with van der Waals surface area (Å²) in [6, 6.07) is 4.54. The van der Waals surface area contributed by atoms with Crippen molar-refractivity contribution in [3.05, 3.63) is 36.5 Å². The van der Waals surface area contributed by atoms with Crippen molar-refractivity contribution < 1.29 is 0 Å². The Kier molecular flexibility index (Phi) is 4.99. The van der Waals surface area contributed by atoms with Gasteiger partial charge in [-0.1, -0.05) is 13.0 Å². The van der Waals surface area contributed by atoms with E-state index in [1.165, 1.54) is 5.56 Å². The Bertz CT molecular complexity index is 336. The maximum atomic E-state index is 4.35. The molecule has 0 amide bonds. The minimum absolute atomic E-state index is 0.365. The molecule has 0 aliphatic rings. The van der Waals surface area contributed by atoms with Gasteiger partial charge in [-0.05, 0) is 31.2 Å². The average Bonchev–Trinajstić information content (AvgIpc) is 2.30. The molecule has 0 fully saturated rings. The lowest BCUT2D eigenvalue weighted by atomic mass is 10.1. The second-order valence-electron chi connectivity index (χ2n) is 3.90. The predicted molar refractivity (Wildman–Crippen MR) is 69.8 cm³/mol. The molecular weight excluding hydrogens is 198 g/mol. The molecule has 0 spiro atoms. The zero-order valence-corrected chi connectivity index (χ0v) is 10.4. The van der Waals surface area contributed by atoms with Crippen LogP contribution in [-0.2, 0) is 0 Å². The summed E-state index contributed by atoms with van der Waals surface area (Å²) in [5.41, 5.74) is 1.27. The van der Waals surface area contributed by atoms with E-state index in [0.29, 0.717) is 6.04 Å². The van der Waals surface area contributed by atoms with Gasteiger partial charge < -0.3 is 10.2 Å². The van der Waals surface area contributed by atoms with Gasteiger partial charge in [-0.3, -0.25) is 0 Å². The van der Waals surface area contributed by atoms with Gasteiger partial charge in [-0.15, -0.1) is 6.58 Å². The highest BCUT2D eigenvalue weighted by Gasteiger charge is 2.06. The molecular formula is C13H21N3. The summed E-state index contributed by atoms with van der Waals surface area (Å²) in [5.74, 6) is 0.988. The molecule has 1 N–H and O–H groups in total. The minimum Gasteiger partial charge on any atom is -0.356 e. The molecule has 1 aromatic heterocycles. The molecule has 88 valence electrons. The van der Waals surface area contributed by atoms with Crippen LogP contribution in [0.3, 0.4) is 0 Å². The van der Waals surface area contributed by atoms with E-state index in [-0.39, 0.29) is 0 Å². The van der Waals surface area contributed by atoms with Crippen molar-refractivity contribution in [1.29, 1.82) is 0 Å². The van der Waals surface area contributed by atoms with Crippen LogP contribution in [0.15, 0.2) is 31.0 Å².